The summed E-state index contributed by atoms with van der Waals surface area (Å²) in [7, 11) is 0. The van der Waals surface area contributed by atoms with E-state index in [-0.39, 0.29) is 0 Å². The van der Waals surface area contributed by atoms with E-state index in [1.54, 1.807) is 11.3 Å². The molecule has 1 aliphatic carbocycles. The van der Waals surface area contributed by atoms with Crippen LogP contribution in [0.15, 0.2) is 0 Å². The van der Waals surface area contributed by atoms with Crippen LogP contribution in [0.4, 0.5) is 5.82 Å². The van der Waals surface area contributed by atoms with Gasteiger partial charge in [0.2, 0.25) is 0 Å². The predicted octanol–water partition coefficient (Wildman–Crippen LogP) is 2.20. The van der Waals surface area contributed by atoms with E-state index < -0.39 is 12.0 Å². The number of carboxylic acids is 1. The number of nitrogens with two attached hydrogens (primary N) is 1. The van der Waals surface area contributed by atoms with E-state index in [4.69, 9.17) is 10.7 Å². The highest BCUT2D eigenvalue weighted by atomic mass is 32.1. The Kier molecular flexibility index (Phi) is 3.69. The second kappa shape index (κ2) is 5.72. The van der Waals surface area contributed by atoms with E-state index >= 15 is 0 Å². The minimum absolute atomic E-state index is 0.424. The fourth-order valence-electron chi connectivity index (χ4n) is 3.78. The minimum Gasteiger partial charge on any atom is -0.480 e. The van der Waals surface area contributed by atoms with Gasteiger partial charge in [-0.2, -0.15) is 0 Å². The molecule has 0 spiro atoms. The van der Waals surface area contributed by atoms with Crippen LogP contribution in [0.1, 0.15) is 41.9 Å². The Morgan fingerprint density at radius 1 is 1.30 bits per heavy atom. The molecule has 0 radical (unpaired) electrons. The van der Waals surface area contributed by atoms with Crippen molar-refractivity contribution in [2.75, 3.05) is 12.3 Å². The average molecular weight is 332 g/mol. The van der Waals surface area contributed by atoms with Crippen LogP contribution in [-0.4, -0.2) is 38.5 Å². The van der Waals surface area contributed by atoms with E-state index in [1.807, 2.05) is 4.90 Å². The first kappa shape index (κ1) is 14.8. The topological polar surface area (TPSA) is 92.3 Å². The average Bonchev–Trinajstić information content (AvgIpc) is 3.10. The number of aliphatic carboxylic acids is 1. The van der Waals surface area contributed by atoms with Crippen molar-refractivity contribution in [2.24, 2.45) is 0 Å². The Hall–Kier alpha value is -1.73. The van der Waals surface area contributed by atoms with Crippen molar-refractivity contribution < 1.29 is 9.90 Å². The smallest absolute Gasteiger partial charge is 0.320 e. The third kappa shape index (κ3) is 2.57. The number of aromatic nitrogens is 2. The van der Waals surface area contributed by atoms with Crippen LogP contribution in [0.2, 0.25) is 0 Å². The van der Waals surface area contributed by atoms with E-state index in [1.165, 1.54) is 23.3 Å². The van der Waals surface area contributed by atoms with Gasteiger partial charge in [-0.05, 0) is 50.6 Å². The maximum Gasteiger partial charge on any atom is 0.320 e. The Bertz CT molecular complexity index is 773. The molecule has 23 heavy (non-hydrogen) atoms. The van der Waals surface area contributed by atoms with Gasteiger partial charge in [-0.3, -0.25) is 9.69 Å². The third-order valence-corrected chi connectivity index (χ3v) is 6.07. The standard InChI is InChI=1S/C16H20N4O2S/c17-14-13-9-4-1-2-6-11(9)23-15(13)19-12(18-14)8-20-7-3-5-10(20)16(21)22/h10H,1-8H2,(H,21,22)(H2,17,18,19)/t10-/m0/s1. The summed E-state index contributed by atoms with van der Waals surface area (Å²) >= 11 is 1.73. The number of nitrogens with zero attached hydrogens (tertiary/aromatic N) is 3. The molecule has 3 heterocycles. The van der Waals surface area contributed by atoms with Crippen LogP contribution in [0.3, 0.4) is 0 Å². The number of carboxylic acid groups (broad SMARTS) is 1. The predicted molar refractivity (Wildman–Crippen MR) is 89.5 cm³/mol. The molecule has 1 atom stereocenters. The molecule has 122 valence electrons. The minimum atomic E-state index is -0.761. The van der Waals surface area contributed by atoms with Gasteiger partial charge in [0.1, 0.15) is 22.5 Å². The number of fused-ring (bicyclic) bond motifs is 3. The summed E-state index contributed by atoms with van der Waals surface area (Å²) in [5, 5.41) is 10.3. The largest absolute Gasteiger partial charge is 0.480 e. The van der Waals surface area contributed by atoms with Gasteiger partial charge in [-0.1, -0.05) is 0 Å². The van der Waals surface area contributed by atoms with Gasteiger partial charge in [0.05, 0.1) is 11.9 Å². The maximum atomic E-state index is 11.3. The highest BCUT2D eigenvalue weighted by molar-refractivity contribution is 7.19. The number of carbonyl (C=O) groups is 1. The zero-order valence-electron chi connectivity index (χ0n) is 12.9. The van der Waals surface area contributed by atoms with Crippen LogP contribution in [0, 0.1) is 0 Å². The quantitative estimate of drug-likeness (QED) is 0.895. The first-order valence-corrected chi connectivity index (χ1v) is 8.98. The molecule has 6 nitrogen and oxygen atoms in total. The summed E-state index contributed by atoms with van der Waals surface area (Å²) in [6.45, 7) is 1.24. The monoisotopic (exact) mass is 332 g/mol. The van der Waals surface area contributed by atoms with E-state index in [0.717, 1.165) is 36.0 Å². The van der Waals surface area contributed by atoms with Crippen LogP contribution in [-0.2, 0) is 24.2 Å². The Balaban J connectivity index is 1.67. The van der Waals surface area contributed by atoms with Gasteiger partial charge in [0, 0.05) is 4.88 Å². The second-order valence-electron chi connectivity index (χ2n) is 6.38. The number of likely N-dealkylation sites (tertiary alicyclic amines) is 1. The summed E-state index contributed by atoms with van der Waals surface area (Å²) < 4.78 is 0. The molecular weight excluding hydrogens is 312 g/mol. The van der Waals surface area contributed by atoms with Gasteiger partial charge in [0.25, 0.3) is 0 Å². The number of thiophene rings is 1. The molecule has 1 saturated heterocycles. The summed E-state index contributed by atoms with van der Waals surface area (Å²) in [5.74, 6) is 0.431. The third-order valence-electron chi connectivity index (χ3n) is 4.88. The highest BCUT2D eigenvalue weighted by Crippen LogP contribution is 2.37. The van der Waals surface area contributed by atoms with Gasteiger partial charge in [-0.15, -0.1) is 11.3 Å². The zero-order valence-corrected chi connectivity index (χ0v) is 13.7. The molecule has 0 saturated carbocycles. The number of aryl methyl sites for hydroxylation is 2. The lowest BCUT2D eigenvalue weighted by atomic mass is 9.97. The number of anilines is 1. The fourth-order valence-corrected chi connectivity index (χ4v) is 5.07. The number of hydrogen-bond donors (Lipinski definition) is 2. The SMILES string of the molecule is Nc1nc(CN2CCC[C@H]2C(=O)O)nc2sc3c(c12)CCCC3. The molecule has 2 aliphatic rings. The molecule has 7 heteroatoms. The number of rotatable bonds is 3. The normalized spacial score (nSPS) is 21.7. The van der Waals surface area contributed by atoms with Gasteiger partial charge < -0.3 is 10.8 Å². The molecule has 0 bridgehead atoms. The number of nitrogen functional groups attached to an aromatic ring is 1. The molecule has 0 aromatic carbocycles. The molecule has 2 aromatic heterocycles. The van der Waals surface area contributed by atoms with Crippen LogP contribution in [0.25, 0.3) is 10.2 Å². The summed E-state index contributed by atoms with van der Waals surface area (Å²) in [6, 6.07) is -0.424. The summed E-state index contributed by atoms with van der Waals surface area (Å²) in [5.41, 5.74) is 7.55. The van der Waals surface area contributed by atoms with Crippen LogP contribution < -0.4 is 5.73 Å². The van der Waals surface area contributed by atoms with Gasteiger partial charge in [-0.25, -0.2) is 9.97 Å². The Labute approximate surface area is 138 Å². The molecule has 0 unspecified atom stereocenters. The second-order valence-corrected chi connectivity index (χ2v) is 7.47. The molecule has 3 N–H and O–H groups in total. The molecule has 2 aromatic rings. The van der Waals surface area contributed by atoms with Crippen molar-refractivity contribution in [3.63, 3.8) is 0 Å². The highest BCUT2D eigenvalue weighted by Gasteiger charge is 2.31. The Morgan fingerprint density at radius 2 is 2.13 bits per heavy atom. The molecule has 0 amide bonds. The zero-order chi connectivity index (χ0) is 16.0. The van der Waals surface area contributed by atoms with E-state index in [0.29, 0.717) is 24.6 Å². The van der Waals surface area contributed by atoms with Crippen molar-refractivity contribution in [3.05, 3.63) is 16.3 Å². The first-order valence-electron chi connectivity index (χ1n) is 8.17. The van der Waals surface area contributed by atoms with Crippen molar-refractivity contribution in [3.8, 4) is 0 Å². The molecular formula is C16H20N4O2S. The molecule has 4 rings (SSSR count). The van der Waals surface area contributed by atoms with Crippen molar-refractivity contribution >= 4 is 33.3 Å². The van der Waals surface area contributed by atoms with Crippen molar-refractivity contribution in [2.45, 2.75) is 51.1 Å². The van der Waals surface area contributed by atoms with Gasteiger partial charge in [0.15, 0.2) is 0 Å². The molecule has 1 aliphatic heterocycles. The lowest BCUT2D eigenvalue weighted by Crippen LogP contribution is -2.35. The summed E-state index contributed by atoms with van der Waals surface area (Å²) in [6.07, 6.45) is 6.21. The van der Waals surface area contributed by atoms with Crippen LogP contribution in [0.5, 0.6) is 0 Å². The Morgan fingerprint density at radius 3 is 2.96 bits per heavy atom. The molecule has 1 fully saturated rings. The summed E-state index contributed by atoms with van der Waals surface area (Å²) in [4.78, 5) is 24.8. The van der Waals surface area contributed by atoms with Gasteiger partial charge >= 0.3 is 5.97 Å². The van der Waals surface area contributed by atoms with E-state index in [9.17, 15) is 9.90 Å². The lowest BCUT2D eigenvalue weighted by molar-refractivity contribution is -0.142. The fraction of sp³-hybridized carbons (Fsp3) is 0.562. The number of hydrogen-bond acceptors (Lipinski definition) is 6. The lowest BCUT2D eigenvalue weighted by Gasteiger charge is -2.20. The van der Waals surface area contributed by atoms with Crippen molar-refractivity contribution in [1.29, 1.82) is 0 Å². The van der Waals surface area contributed by atoms with Crippen molar-refractivity contribution in [1.82, 2.24) is 14.9 Å². The van der Waals surface area contributed by atoms with Crippen LogP contribution >= 0.6 is 11.3 Å². The van der Waals surface area contributed by atoms with E-state index in [2.05, 4.69) is 4.98 Å². The maximum absolute atomic E-state index is 11.3. The first-order chi connectivity index (χ1) is 11.1.